The highest BCUT2D eigenvalue weighted by Crippen LogP contribution is 2.25. The molecular weight excluding hydrogens is 440 g/mol. The molecule has 182 valence electrons. The SMILES string of the molecule is CNC(=O)CCCC#Cc1cn2c(-c3ccc(C(=O)NC4CC4)cc3)cnc2c(NCC(C)C)n1. The van der Waals surface area contributed by atoms with Gasteiger partial charge in [-0.25, -0.2) is 9.97 Å². The van der Waals surface area contributed by atoms with E-state index in [4.69, 9.17) is 4.98 Å². The number of amides is 2. The summed E-state index contributed by atoms with van der Waals surface area (Å²) in [4.78, 5) is 33.1. The van der Waals surface area contributed by atoms with Crippen LogP contribution < -0.4 is 16.0 Å². The first-order chi connectivity index (χ1) is 16.9. The number of hydrogen-bond acceptors (Lipinski definition) is 5. The van der Waals surface area contributed by atoms with E-state index in [1.165, 1.54) is 0 Å². The Morgan fingerprint density at radius 3 is 2.66 bits per heavy atom. The number of nitrogens with zero attached hydrogens (tertiary/aromatic N) is 3. The standard InChI is InChI=1S/C27H32N6O2/c1-18(2)15-29-25-26-30-16-23(19-9-11-20(12-10-19)27(35)32-21-13-14-21)33(26)17-22(31-25)7-5-4-6-8-24(34)28-3/h9-12,16-18,21H,4,6,8,13-15H2,1-3H3,(H,28,34)(H,29,31)(H,32,35). The number of benzene rings is 1. The van der Waals surface area contributed by atoms with E-state index >= 15 is 0 Å². The van der Waals surface area contributed by atoms with Crippen LogP contribution in [0.1, 0.15) is 62.0 Å². The van der Waals surface area contributed by atoms with Crippen LogP contribution in [-0.4, -0.2) is 45.8 Å². The van der Waals surface area contributed by atoms with E-state index in [-0.39, 0.29) is 11.8 Å². The van der Waals surface area contributed by atoms with Crippen molar-refractivity contribution in [2.24, 2.45) is 5.92 Å². The van der Waals surface area contributed by atoms with Gasteiger partial charge in [0.05, 0.1) is 11.9 Å². The van der Waals surface area contributed by atoms with Crippen LogP contribution in [0.15, 0.2) is 36.7 Å². The molecule has 0 saturated heterocycles. The van der Waals surface area contributed by atoms with Gasteiger partial charge in [0.25, 0.3) is 5.91 Å². The van der Waals surface area contributed by atoms with Gasteiger partial charge < -0.3 is 16.0 Å². The minimum Gasteiger partial charge on any atom is -0.367 e. The maximum Gasteiger partial charge on any atom is 0.251 e. The van der Waals surface area contributed by atoms with E-state index in [1.807, 2.05) is 41.1 Å². The van der Waals surface area contributed by atoms with Gasteiger partial charge in [0.15, 0.2) is 11.5 Å². The summed E-state index contributed by atoms with van der Waals surface area (Å²) >= 11 is 0. The van der Waals surface area contributed by atoms with Crippen molar-refractivity contribution in [1.29, 1.82) is 0 Å². The van der Waals surface area contributed by atoms with Gasteiger partial charge in [-0.15, -0.1) is 0 Å². The van der Waals surface area contributed by atoms with Crippen LogP contribution in [0, 0.1) is 17.8 Å². The zero-order valence-electron chi connectivity index (χ0n) is 20.5. The third-order valence-corrected chi connectivity index (χ3v) is 5.73. The Kier molecular flexibility index (Phi) is 7.66. The second-order valence-corrected chi connectivity index (χ2v) is 9.24. The van der Waals surface area contributed by atoms with E-state index < -0.39 is 0 Å². The Morgan fingerprint density at radius 2 is 1.97 bits per heavy atom. The molecule has 35 heavy (non-hydrogen) atoms. The fraction of sp³-hybridized carbons (Fsp3) is 0.407. The lowest BCUT2D eigenvalue weighted by Gasteiger charge is -2.11. The summed E-state index contributed by atoms with van der Waals surface area (Å²) in [5, 5.41) is 9.04. The summed E-state index contributed by atoms with van der Waals surface area (Å²) in [6, 6.07) is 7.90. The number of aromatic nitrogens is 3. The summed E-state index contributed by atoms with van der Waals surface area (Å²) < 4.78 is 1.99. The molecule has 1 aromatic carbocycles. The van der Waals surface area contributed by atoms with Crippen molar-refractivity contribution in [3.8, 4) is 23.1 Å². The molecule has 2 aromatic heterocycles. The monoisotopic (exact) mass is 472 g/mol. The Balaban J connectivity index is 1.60. The smallest absolute Gasteiger partial charge is 0.251 e. The average Bonchev–Trinajstić information content (AvgIpc) is 3.57. The van der Waals surface area contributed by atoms with Crippen LogP contribution >= 0.6 is 0 Å². The van der Waals surface area contributed by atoms with Gasteiger partial charge in [0, 0.05) is 49.8 Å². The summed E-state index contributed by atoms with van der Waals surface area (Å²) in [6.07, 6.45) is 7.60. The van der Waals surface area contributed by atoms with Crippen molar-refractivity contribution < 1.29 is 9.59 Å². The fourth-order valence-corrected chi connectivity index (χ4v) is 3.59. The van der Waals surface area contributed by atoms with Gasteiger partial charge in [-0.1, -0.05) is 31.9 Å². The molecule has 8 heteroatoms. The van der Waals surface area contributed by atoms with E-state index in [0.717, 1.165) is 36.3 Å². The van der Waals surface area contributed by atoms with Crippen LogP contribution in [0.4, 0.5) is 5.82 Å². The van der Waals surface area contributed by atoms with Gasteiger partial charge >= 0.3 is 0 Å². The van der Waals surface area contributed by atoms with Crippen molar-refractivity contribution in [2.75, 3.05) is 18.9 Å². The Morgan fingerprint density at radius 1 is 1.20 bits per heavy atom. The maximum absolute atomic E-state index is 12.3. The van der Waals surface area contributed by atoms with E-state index in [2.05, 4.69) is 46.6 Å². The zero-order valence-corrected chi connectivity index (χ0v) is 20.5. The number of nitrogens with one attached hydrogen (secondary N) is 3. The number of hydrogen-bond donors (Lipinski definition) is 3. The lowest BCUT2D eigenvalue weighted by molar-refractivity contribution is -0.120. The highest BCUT2D eigenvalue weighted by atomic mass is 16.2. The van der Waals surface area contributed by atoms with E-state index in [0.29, 0.717) is 48.3 Å². The van der Waals surface area contributed by atoms with Crippen LogP contribution in [0.5, 0.6) is 0 Å². The van der Waals surface area contributed by atoms with Crippen LogP contribution in [-0.2, 0) is 4.79 Å². The van der Waals surface area contributed by atoms with Crippen molar-refractivity contribution in [1.82, 2.24) is 25.0 Å². The molecule has 0 unspecified atom stereocenters. The first kappa shape index (κ1) is 24.3. The number of fused-ring (bicyclic) bond motifs is 1. The van der Waals surface area contributed by atoms with E-state index in [9.17, 15) is 9.59 Å². The third-order valence-electron chi connectivity index (χ3n) is 5.73. The van der Waals surface area contributed by atoms with Gasteiger partial charge in [0.1, 0.15) is 5.69 Å². The largest absolute Gasteiger partial charge is 0.367 e. The van der Waals surface area contributed by atoms with Crippen molar-refractivity contribution in [3.05, 3.63) is 47.9 Å². The lowest BCUT2D eigenvalue weighted by Crippen LogP contribution is -2.25. The topological polar surface area (TPSA) is 100 Å². The number of carbonyl (C=O) groups is 2. The maximum atomic E-state index is 12.3. The van der Waals surface area contributed by atoms with Gasteiger partial charge in [-0.2, -0.15) is 0 Å². The fourth-order valence-electron chi connectivity index (χ4n) is 3.59. The molecule has 1 aliphatic rings. The molecule has 1 fully saturated rings. The molecule has 0 aliphatic heterocycles. The molecule has 2 heterocycles. The first-order valence-electron chi connectivity index (χ1n) is 12.2. The minimum absolute atomic E-state index is 0.0191. The zero-order chi connectivity index (χ0) is 24.8. The minimum atomic E-state index is -0.0319. The van der Waals surface area contributed by atoms with Gasteiger partial charge in [-0.05, 0) is 43.2 Å². The molecule has 0 spiro atoms. The molecule has 8 nitrogen and oxygen atoms in total. The summed E-state index contributed by atoms with van der Waals surface area (Å²) in [6.45, 7) is 5.04. The van der Waals surface area contributed by atoms with Crippen LogP contribution in [0.2, 0.25) is 0 Å². The summed E-state index contributed by atoms with van der Waals surface area (Å²) in [5.74, 6) is 7.38. The number of anilines is 1. The molecule has 3 N–H and O–H groups in total. The Labute approximate surface area is 205 Å². The summed E-state index contributed by atoms with van der Waals surface area (Å²) in [7, 11) is 1.64. The van der Waals surface area contributed by atoms with Crippen molar-refractivity contribution >= 4 is 23.3 Å². The molecule has 1 saturated carbocycles. The highest BCUT2D eigenvalue weighted by molar-refractivity contribution is 5.95. The number of carbonyl (C=O) groups excluding carboxylic acids is 2. The van der Waals surface area contributed by atoms with Gasteiger partial charge in [-0.3, -0.25) is 14.0 Å². The van der Waals surface area contributed by atoms with Crippen molar-refractivity contribution in [2.45, 2.75) is 52.0 Å². The molecular formula is C27H32N6O2. The predicted octanol–water partition coefficient (Wildman–Crippen LogP) is 3.62. The van der Waals surface area contributed by atoms with E-state index in [1.54, 1.807) is 7.05 Å². The molecule has 1 aliphatic carbocycles. The second kappa shape index (κ2) is 11.0. The first-order valence-corrected chi connectivity index (χ1v) is 12.2. The lowest BCUT2D eigenvalue weighted by atomic mass is 10.1. The molecule has 0 atom stereocenters. The molecule has 0 bridgehead atoms. The molecule has 2 amide bonds. The van der Waals surface area contributed by atoms with Gasteiger partial charge in [0.2, 0.25) is 5.91 Å². The van der Waals surface area contributed by atoms with Crippen LogP contribution in [0.25, 0.3) is 16.9 Å². The third kappa shape index (κ3) is 6.38. The van der Waals surface area contributed by atoms with Crippen LogP contribution in [0.3, 0.4) is 0 Å². The van der Waals surface area contributed by atoms with Crippen molar-refractivity contribution in [3.63, 3.8) is 0 Å². The quantitative estimate of drug-likeness (QED) is 0.326. The number of unbranched alkanes of at least 4 members (excludes halogenated alkanes) is 1. The molecule has 4 rings (SSSR count). The Hall–Kier alpha value is -3.86. The molecule has 3 aromatic rings. The predicted molar refractivity (Wildman–Crippen MR) is 137 cm³/mol. The number of rotatable bonds is 9. The highest BCUT2D eigenvalue weighted by Gasteiger charge is 2.23. The second-order valence-electron chi connectivity index (χ2n) is 9.24. The average molecular weight is 473 g/mol. The Bertz CT molecular complexity index is 1260. The number of imidazole rings is 1. The summed E-state index contributed by atoms with van der Waals surface area (Å²) in [5.41, 5.74) is 3.85. The normalized spacial score (nSPS) is 12.8. The molecule has 0 radical (unpaired) electrons.